The molecule has 0 aliphatic rings. The van der Waals surface area contributed by atoms with Crippen LogP contribution in [0.4, 0.5) is 8.78 Å². The lowest BCUT2D eigenvalue weighted by Gasteiger charge is -2.09. The van der Waals surface area contributed by atoms with Gasteiger partial charge in [0.25, 0.3) is 0 Å². The van der Waals surface area contributed by atoms with Crippen LogP contribution in [-0.4, -0.2) is 42.3 Å². The Balaban J connectivity index is 1.91. The topological polar surface area (TPSA) is 73.5 Å². The highest BCUT2D eigenvalue weighted by molar-refractivity contribution is 7.98. The fraction of sp³-hybridized carbons (Fsp3) is 0.636. The van der Waals surface area contributed by atoms with E-state index in [0.717, 1.165) is 11.1 Å². The molecule has 21 heavy (non-hydrogen) atoms. The molecule has 116 valence electrons. The average Bonchev–Trinajstić information content (AvgIpc) is 3.04. The molecule has 0 fully saturated rings. The van der Waals surface area contributed by atoms with Gasteiger partial charge in [0, 0.05) is 25.0 Å². The van der Waals surface area contributed by atoms with Crippen molar-refractivity contribution in [3.8, 4) is 0 Å². The summed E-state index contributed by atoms with van der Waals surface area (Å²) in [7, 11) is 0. The minimum atomic E-state index is -2.59. The number of tetrazole rings is 1. The fourth-order valence-electron chi connectivity index (χ4n) is 1.66. The van der Waals surface area contributed by atoms with Gasteiger partial charge >= 0.3 is 6.55 Å². The van der Waals surface area contributed by atoms with Gasteiger partial charge in [-0.05, 0) is 10.4 Å². The molecule has 7 nitrogen and oxygen atoms in total. The first-order valence-corrected chi connectivity index (χ1v) is 7.48. The van der Waals surface area contributed by atoms with Crippen molar-refractivity contribution in [1.29, 1.82) is 0 Å². The van der Waals surface area contributed by atoms with Crippen LogP contribution in [0.25, 0.3) is 0 Å². The van der Waals surface area contributed by atoms with Crippen LogP contribution in [0.15, 0.2) is 17.6 Å². The predicted octanol–water partition coefficient (Wildman–Crippen LogP) is 1.55. The average molecular weight is 317 g/mol. The molecule has 0 spiro atoms. The number of nitrogens with one attached hydrogen (secondary N) is 1. The molecule has 0 bridgehead atoms. The molecule has 0 amide bonds. The van der Waals surface area contributed by atoms with Crippen LogP contribution in [0.5, 0.6) is 0 Å². The van der Waals surface area contributed by atoms with E-state index in [2.05, 4.69) is 39.7 Å². The van der Waals surface area contributed by atoms with Crippen LogP contribution < -0.4 is 5.32 Å². The molecule has 10 heteroatoms. The number of alkyl halides is 2. The predicted molar refractivity (Wildman–Crippen MR) is 74.0 cm³/mol. The first kappa shape index (κ1) is 15.8. The molecule has 0 radical (unpaired) electrons. The Kier molecular flexibility index (Phi) is 5.62. The van der Waals surface area contributed by atoms with Crippen molar-refractivity contribution in [2.45, 2.75) is 43.9 Å². The Morgan fingerprint density at radius 3 is 2.90 bits per heavy atom. The maximum atomic E-state index is 12.7. The summed E-state index contributed by atoms with van der Waals surface area (Å²) < 4.78 is 27.9. The first-order valence-electron chi connectivity index (χ1n) is 6.50. The molecular formula is C11H17F2N7S. The quantitative estimate of drug-likeness (QED) is 0.745. The van der Waals surface area contributed by atoms with E-state index >= 15 is 0 Å². The smallest absolute Gasteiger partial charge is 0.313 e. The van der Waals surface area contributed by atoms with Crippen molar-refractivity contribution in [2.24, 2.45) is 0 Å². The number of aromatic nitrogens is 6. The maximum absolute atomic E-state index is 12.7. The van der Waals surface area contributed by atoms with Gasteiger partial charge < -0.3 is 5.32 Å². The fourth-order valence-corrected chi connectivity index (χ4v) is 2.51. The number of thioether (sulfide) groups is 1. The molecule has 0 saturated carbocycles. The summed E-state index contributed by atoms with van der Waals surface area (Å²) in [5.74, 6) is 0.583. The Morgan fingerprint density at radius 1 is 1.38 bits per heavy atom. The Labute approximate surface area is 125 Å². The summed E-state index contributed by atoms with van der Waals surface area (Å²) in [5, 5.41) is 15.3. The van der Waals surface area contributed by atoms with Crippen molar-refractivity contribution in [2.75, 3.05) is 6.54 Å². The SMILES string of the molecule is CC(C)NCCn1nnnc1SCc1nccn1C(F)F. The van der Waals surface area contributed by atoms with Gasteiger partial charge in [-0.25, -0.2) is 9.67 Å². The van der Waals surface area contributed by atoms with E-state index in [-0.39, 0.29) is 5.75 Å². The molecule has 2 rings (SSSR count). The van der Waals surface area contributed by atoms with E-state index in [9.17, 15) is 8.78 Å². The van der Waals surface area contributed by atoms with Crippen LogP contribution >= 0.6 is 11.8 Å². The summed E-state index contributed by atoms with van der Waals surface area (Å²) in [6, 6.07) is 0.385. The number of hydrogen-bond acceptors (Lipinski definition) is 6. The third-order valence-electron chi connectivity index (χ3n) is 2.66. The summed E-state index contributed by atoms with van der Waals surface area (Å²) >= 11 is 1.28. The molecule has 2 aromatic rings. The van der Waals surface area contributed by atoms with Crippen LogP contribution in [0.2, 0.25) is 0 Å². The second kappa shape index (κ2) is 7.46. The van der Waals surface area contributed by atoms with Gasteiger partial charge in [0.05, 0.1) is 12.3 Å². The van der Waals surface area contributed by atoms with Crippen molar-refractivity contribution < 1.29 is 8.78 Å². The number of nitrogens with zero attached hydrogens (tertiary/aromatic N) is 6. The number of halogens is 2. The van der Waals surface area contributed by atoms with Crippen molar-refractivity contribution in [3.05, 3.63) is 18.2 Å². The number of imidazole rings is 1. The first-order chi connectivity index (χ1) is 10.1. The second-order valence-corrected chi connectivity index (χ2v) is 5.55. The van der Waals surface area contributed by atoms with E-state index < -0.39 is 6.55 Å². The lowest BCUT2D eigenvalue weighted by Crippen LogP contribution is -2.27. The molecule has 0 aromatic carbocycles. The monoisotopic (exact) mass is 317 g/mol. The molecule has 1 N–H and O–H groups in total. The zero-order chi connectivity index (χ0) is 15.2. The highest BCUT2D eigenvalue weighted by Gasteiger charge is 2.13. The van der Waals surface area contributed by atoms with Gasteiger partial charge in [0.2, 0.25) is 5.16 Å². The Bertz CT molecular complexity index is 554. The number of hydrogen-bond donors (Lipinski definition) is 1. The Hall–Kier alpha value is -1.55. The zero-order valence-electron chi connectivity index (χ0n) is 11.8. The van der Waals surface area contributed by atoms with Crippen molar-refractivity contribution >= 4 is 11.8 Å². The largest absolute Gasteiger partial charge is 0.319 e. The molecule has 0 unspecified atom stereocenters. The van der Waals surface area contributed by atoms with Crippen LogP contribution in [0, 0.1) is 0 Å². The highest BCUT2D eigenvalue weighted by Crippen LogP contribution is 2.21. The molecule has 2 heterocycles. The normalized spacial score (nSPS) is 11.7. The lowest BCUT2D eigenvalue weighted by atomic mass is 10.4. The number of rotatable bonds is 8. The molecular weight excluding hydrogens is 300 g/mol. The van der Waals surface area contributed by atoms with E-state index in [1.165, 1.54) is 24.2 Å². The third-order valence-corrected chi connectivity index (χ3v) is 3.62. The van der Waals surface area contributed by atoms with Crippen molar-refractivity contribution in [1.82, 2.24) is 35.1 Å². The van der Waals surface area contributed by atoms with E-state index in [1.54, 1.807) is 4.68 Å². The van der Waals surface area contributed by atoms with Gasteiger partial charge in [0.15, 0.2) is 0 Å². The molecule has 0 saturated heterocycles. The third kappa shape index (κ3) is 4.46. The second-order valence-electron chi connectivity index (χ2n) is 4.61. The van der Waals surface area contributed by atoms with E-state index in [0.29, 0.717) is 23.6 Å². The standard InChI is InChI=1S/C11H17F2N7S/c1-8(2)14-4-6-20-11(16-17-18-20)21-7-9-15-3-5-19(9)10(12)13/h3,5,8,10,14H,4,6-7H2,1-2H3. The minimum absolute atomic E-state index is 0.287. The van der Waals surface area contributed by atoms with E-state index in [1.807, 2.05) is 0 Å². The maximum Gasteiger partial charge on any atom is 0.319 e. The van der Waals surface area contributed by atoms with Crippen LogP contribution in [-0.2, 0) is 12.3 Å². The summed E-state index contributed by atoms with van der Waals surface area (Å²) in [4.78, 5) is 3.92. The van der Waals surface area contributed by atoms with Crippen LogP contribution in [0.3, 0.4) is 0 Å². The zero-order valence-corrected chi connectivity index (χ0v) is 12.6. The molecule has 0 aliphatic carbocycles. The summed E-state index contributed by atoms with van der Waals surface area (Å²) in [5.41, 5.74) is 0. The summed E-state index contributed by atoms with van der Waals surface area (Å²) in [6.45, 7) is 2.88. The molecule has 0 atom stereocenters. The van der Waals surface area contributed by atoms with Gasteiger partial charge in [-0.3, -0.25) is 4.57 Å². The van der Waals surface area contributed by atoms with Gasteiger partial charge in [-0.2, -0.15) is 8.78 Å². The molecule has 0 aliphatic heterocycles. The van der Waals surface area contributed by atoms with E-state index in [4.69, 9.17) is 0 Å². The Morgan fingerprint density at radius 2 is 2.19 bits per heavy atom. The van der Waals surface area contributed by atoms with Gasteiger partial charge in [-0.1, -0.05) is 25.6 Å². The lowest BCUT2D eigenvalue weighted by molar-refractivity contribution is 0.0678. The molecule has 2 aromatic heterocycles. The van der Waals surface area contributed by atoms with Crippen molar-refractivity contribution in [3.63, 3.8) is 0 Å². The van der Waals surface area contributed by atoms with Crippen LogP contribution in [0.1, 0.15) is 26.2 Å². The minimum Gasteiger partial charge on any atom is -0.313 e. The van der Waals surface area contributed by atoms with Gasteiger partial charge in [-0.15, -0.1) is 5.10 Å². The van der Waals surface area contributed by atoms with Gasteiger partial charge in [0.1, 0.15) is 5.82 Å². The summed E-state index contributed by atoms with van der Waals surface area (Å²) in [6.07, 6.45) is 2.62. The highest BCUT2D eigenvalue weighted by atomic mass is 32.2.